The highest BCUT2D eigenvalue weighted by Gasteiger charge is 2.32. The maximum Gasteiger partial charge on any atom is 0.326 e. The molecule has 5 atom stereocenters. The summed E-state index contributed by atoms with van der Waals surface area (Å²) in [6.07, 6.45) is 2.03. The van der Waals surface area contributed by atoms with E-state index in [4.69, 9.17) is 10.8 Å². The van der Waals surface area contributed by atoms with Crippen LogP contribution in [0.4, 0.5) is 0 Å². The molecule has 0 heterocycles. The maximum atomic E-state index is 12.9. The molecule has 0 spiro atoms. The lowest BCUT2D eigenvalue weighted by Crippen LogP contribution is -2.59. The van der Waals surface area contributed by atoms with Crippen LogP contribution < -0.4 is 21.7 Å². The second-order valence-electron chi connectivity index (χ2n) is 7.99. The lowest BCUT2D eigenvalue weighted by molar-refractivity contribution is -0.144. The van der Waals surface area contributed by atoms with E-state index < -0.39 is 60.2 Å². The first-order valence-corrected chi connectivity index (χ1v) is 11.8. The fraction of sp³-hybridized carbons (Fsp3) is 0.750. The average molecular weight is 477 g/mol. The summed E-state index contributed by atoms with van der Waals surface area (Å²) in [5.74, 6) is -4.65. The van der Waals surface area contributed by atoms with Crippen LogP contribution in [0.15, 0.2) is 0 Å². The van der Waals surface area contributed by atoms with Crippen molar-refractivity contribution >= 4 is 41.4 Å². The summed E-state index contributed by atoms with van der Waals surface area (Å²) in [6, 6.07) is -4.50. The van der Waals surface area contributed by atoms with Gasteiger partial charge in [-0.25, -0.2) is 4.79 Å². The summed E-state index contributed by atoms with van der Waals surface area (Å²) in [5, 5.41) is 25.7. The quantitative estimate of drug-likeness (QED) is 0.186. The maximum absolute atomic E-state index is 12.9. The lowest BCUT2D eigenvalue weighted by atomic mass is 9.98. The molecule has 12 heteroatoms. The molecule has 0 rings (SSSR count). The monoisotopic (exact) mass is 476 g/mol. The van der Waals surface area contributed by atoms with Crippen LogP contribution in [0.3, 0.4) is 0 Å². The molecule has 0 aromatic rings. The van der Waals surface area contributed by atoms with Gasteiger partial charge in [-0.15, -0.1) is 0 Å². The number of carbonyl (C=O) groups excluding carboxylic acids is 3. The predicted octanol–water partition coefficient (Wildman–Crippen LogP) is -0.217. The minimum atomic E-state index is -1.33. The van der Waals surface area contributed by atoms with E-state index in [1.54, 1.807) is 20.8 Å². The van der Waals surface area contributed by atoms with Gasteiger partial charge in [0, 0.05) is 0 Å². The van der Waals surface area contributed by atoms with Gasteiger partial charge in [0.1, 0.15) is 18.1 Å². The summed E-state index contributed by atoms with van der Waals surface area (Å²) in [4.78, 5) is 60.2. The number of thioether (sulfide) groups is 1. The molecule has 5 unspecified atom stereocenters. The fourth-order valence-electron chi connectivity index (χ4n) is 2.78. The van der Waals surface area contributed by atoms with Crippen molar-refractivity contribution < 1.29 is 34.2 Å². The van der Waals surface area contributed by atoms with Gasteiger partial charge in [-0.05, 0) is 30.3 Å². The molecule has 0 aromatic carbocycles. The van der Waals surface area contributed by atoms with Gasteiger partial charge in [-0.1, -0.05) is 34.1 Å². The van der Waals surface area contributed by atoms with Crippen LogP contribution >= 0.6 is 11.8 Å². The van der Waals surface area contributed by atoms with Gasteiger partial charge in [0.25, 0.3) is 0 Å². The number of amides is 3. The van der Waals surface area contributed by atoms with Gasteiger partial charge >= 0.3 is 11.9 Å². The largest absolute Gasteiger partial charge is 0.481 e. The second kappa shape index (κ2) is 14.7. The third kappa shape index (κ3) is 10.3. The molecule has 7 N–H and O–H groups in total. The first-order chi connectivity index (χ1) is 14.8. The second-order valence-corrected chi connectivity index (χ2v) is 8.97. The van der Waals surface area contributed by atoms with E-state index >= 15 is 0 Å². The van der Waals surface area contributed by atoms with Crippen molar-refractivity contribution in [2.75, 3.05) is 12.0 Å². The van der Waals surface area contributed by atoms with E-state index in [9.17, 15) is 29.1 Å². The van der Waals surface area contributed by atoms with Gasteiger partial charge in [-0.3, -0.25) is 19.2 Å². The molecule has 0 saturated heterocycles. The molecule has 184 valence electrons. The van der Waals surface area contributed by atoms with E-state index in [-0.39, 0.29) is 18.3 Å². The molecule has 0 aliphatic rings. The number of aliphatic carboxylic acids is 2. The zero-order valence-corrected chi connectivity index (χ0v) is 20.0. The van der Waals surface area contributed by atoms with Crippen LogP contribution in [-0.2, 0) is 24.0 Å². The number of hydrogen-bond donors (Lipinski definition) is 6. The Balaban J connectivity index is 5.44. The Hall–Kier alpha value is -2.34. The van der Waals surface area contributed by atoms with Crippen LogP contribution in [0.2, 0.25) is 0 Å². The molecule has 0 aliphatic carbocycles. The minimum absolute atomic E-state index is 0.253. The van der Waals surface area contributed by atoms with E-state index in [2.05, 4.69) is 16.0 Å². The van der Waals surface area contributed by atoms with Crippen molar-refractivity contribution in [1.29, 1.82) is 0 Å². The number of carbonyl (C=O) groups is 5. The predicted molar refractivity (Wildman–Crippen MR) is 121 cm³/mol. The fourth-order valence-corrected chi connectivity index (χ4v) is 3.25. The molecule has 0 saturated carbocycles. The number of hydrogen-bond acceptors (Lipinski definition) is 7. The van der Waals surface area contributed by atoms with Crippen molar-refractivity contribution in [2.45, 2.75) is 71.1 Å². The molecular formula is C20H36N4O7S. The lowest BCUT2D eigenvalue weighted by Gasteiger charge is -2.27. The summed E-state index contributed by atoms with van der Waals surface area (Å²) >= 11 is 1.46. The highest BCUT2D eigenvalue weighted by atomic mass is 32.2. The number of nitrogens with two attached hydrogens (primary N) is 1. The molecule has 32 heavy (non-hydrogen) atoms. The molecule has 0 aliphatic heterocycles. The zero-order chi connectivity index (χ0) is 25.0. The highest BCUT2D eigenvalue weighted by molar-refractivity contribution is 7.98. The van der Waals surface area contributed by atoms with Crippen LogP contribution in [0.1, 0.15) is 47.0 Å². The molecule has 0 aromatic heterocycles. The normalized spacial score (nSPS) is 15.7. The number of carboxylic acids is 2. The molecule has 3 amide bonds. The van der Waals surface area contributed by atoms with Gasteiger partial charge in [-0.2, -0.15) is 11.8 Å². The summed E-state index contributed by atoms with van der Waals surface area (Å²) in [7, 11) is 0. The Kier molecular flexibility index (Phi) is 13.6. The Labute approximate surface area is 192 Å². The van der Waals surface area contributed by atoms with E-state index in [0.29, 0.717) is 12.2 Å². The van der Waals surface area contributed by atoms with E-state index in [1.807, 2.05) is 13.2 Å². The first kappa shape index (κ1) is 29.7. The van der Waals surface area contributed by atoms with E-state index in [1.165, 1.54) is 11.8 Å². The van der Waals surface area contributed by atoms with Gasteiger partial charge in [0.2, 0.25) is 17.7 Å². The third-order valence-electron chi connectivity index (χ3n) is 5.00. The van der Waals surface area contributed by atoms with Crippen molar-refractivity contribution in [3.63, 3.8) is 0 Å². The van der Waals surface area contributed by atoms with Crippen molar-refractivity contribution in [3.05, 3.63) is 0 Å². The summed E-state index contributed by atoms with van der Waals surface area (Å²) < 4.78 is 0. The molecular weight excluding hydrogens is 440 g/mol. The highest BCUT2D eigenvalue weighted by Crippen LogP contribution is 2.10. The van der Waals surface area contributed by atoms with Crippen molar-refractivity contribution in [2.24, 2.45) is 17.6 Å². The number of nitrogens with one attached hydrogen (secondary N) is 3. The molecule has 0 radical (unpaired) electrons. The van der Waals surface area contributed by atoms with Crippen molar-refractivity contribution in [3.8, 4) is 0 Å². The number of carboxylic acid groups (broad SMARTS) is 2. The third-order valence-corrected chi connectivity index (χ3v) is 5.64. The Morgan fingerprint density at radius 2 is 1.47 bits per heavy atom. The van der Waals surface area contributed by atoms with Crippen LogP contribution in [-0.4, -0.2) is 76.0 Å². The zero-order valence-electron chi connectivity index (χ0n) is 19.2. The summed E-state index contributed by atoms with van der Waals surface area (Å²) in [6.45, 7) is 6.87. The minimum Gasteiger partial charge on any atom is -0.481 e. The van der Waals surface area contributed by atoms with Crippen LogP contribution in [0, 0.1) is 11.8 Å². The smallest absolute Gasteiger partial charge is 0.326 e. The molecule has 0 fully saturated rings. The topological polar surface area (TPSA) is 188 Å². The molecule has 0 bridgehead atoms. The first-order valence-electron chi connectivity index (χ1n) is 10.5. The Bertz CT molecular complexity index is 674. The SMILES string of the molecule is CCC(C)C(NC(=O)C(CCSC)NC(=O)C(NC(=O)C(N)CC(=O)O)C(C)C)C(=O)O. The summed E-state index contributed by atoms with van der Waals surface area (Å²) in [5.41, 5.74) is 5.56. The van der Waals surface area contributed by atoms with Crippen molar-refractivity contribution in [1.82, 2.24) is 16.0 Å². The standard InChI is InChI=1S/C20H36N4O7S/c1-6-11(4)16(20(30)31)24-18(28)13(7-8-32-5)22-19(29)15(10(2)3)23-17(27)12(21)9-14(25)26/h10-13,15-16H,6-9,21H2,1-5H3,(H,22,29)(H,23,27)(H,24,28)(H,25,26)(H,30,31). The number of rotatable bonds is 15. The van der Waals surface area contributed by atoms with Gasteiger partial charge < -0.3 is 31.9 Å². The van der Waals surface area contributed by atoms with Crippen LogP contribution in [0.5, 0.6) is 0 Å². The van der Waals surface area contributed by atoms with Crippen LogP contribution in [0.25, 0.3) is 0 Å². The molecule has 11 nitrogen and oxygen atoms in total. The Morgan fingerprint density at radius 1 is 0.906 bits per heavy atom. The van der Waals surface area contributed by atoms with Gasteiger partial charge in [0.15, 0.2) is 0 Å². The van der Waals surface area contributed by atoms with E-state index in [0.717, 1.165) is 0 Å². The van der Waals surface area contributed by atoms with Gasteiger partial charge in [0.05, 0.1) is 12.5 Å². The average Bonchev–Trinajstić information content (AvgIpc) is 2.70. The Morgan fingerprint density at radius 3 is 1.91 bits per heavy atom.